The molecule has 0 bridgehead atoms. The second kappa shape index (κ2) is 8.19. The fourth-order valence-electron chi connectivity index (χ4n) is 4.08. The predicted octanol–water partition coefficient (Wildman–Crippen LogP) is 6.40. The van der Waals surface area contributed by atoms with E-state index >= 15 is 0 Å². The zero-order valence-corrected chi connectivity index (χ0v) is 18.2. The first-order valence-electron chi connectivity index (χ1n) is 10.8. The number of ether oxygens (including phenoxy) is 1. The molecule has 2 N–H and O–H groups in total. The minimum absolute atomic E-state index is 0.00216. The molecule has 1 aliphatic carbocycles. The van der Waals surface area contributed by atoms with Gasteiger partial charge in [0, 0.05) is 11.6 Å². The monoisotopic (exact) mass is 480 g/mol. The summed E-state index contributed by atoms with van der Waals surface area (Å²) in [5, 5.41) is 12.8. The van der Waals surface area contributed by atoms with Crippen LogP contribution in [0, 0.1) is 0 Å². The molecule has 1 aromatic heterocycles. The highest BCUT2D eigenvalue weighted by Crippen LogP contribution is 2.46. The zero-order chi connectivity index (χ0) is 24.8. The number of aromatic nitrogens is 1. The molecule has 35 heavy (non-hydrogen) atoms. The molecule has 0 spiro atoms. The third kappa shape index (κ3) is 4.32. The number of hydrogen-bond acceptors (Lipinski definition) is 3. The summed E-state index contributed by atoms with van der Waals surface area (Å²) in [4.78, 5) is 24.4. The average Bonchev–Trinajstić information content (AvgIpc) is 3.47. The number of carbonyl (C=O) groups excluding carboxylic acids is 1. The van der Waals surface area contributed by atoms with Gasteiger partial charge in [0.25, 0.3) is 0 Å². The molecule has 0 radical (unpaired) electrons. The Morgan fingerprint density at radius 1 is 0.971 bits per heavy atom. The summed E-state index contributed by atoms with van der Waals surface area (Å²) in [5.74, 6) is -0.798. The molecule has 5 rings (SSSR count). The molecule has 1 fully saturated rings. The minimum Gasteiger partial charge on any atom is -0.478 e. The Bertz CT molecular complexity index is 1440. The molecule has 4 aromatic rings. The van der Waals surface area contributed by atoms with Crippen molar-refractivity contribution in [3.05, 3.63) is 95.7 Å². The first-order valence-corrected chi connectivity index (χ1v) is 10.8. The Hall–Kier alpha value is -4.27. The number of carboxylic acids is 1. The van der Waals surface area contributed by atoms with E-state index in [2.05, 4.69) is 5.32 Å². The van der Waals surface area contributed by atoms with Crippen molar-refractivity contribution in [2.45, 2.75) is 24.6 Å². The summed E-state index contributed by atoms with van der Waals surface area (Å²) in [7, 11) is 0. The van der Waals surface area contributed by atoms with E-state index in [9.17, 15) is 22.8 Å². The molecule has 1 saturated carbocycles. The van der Waals surface area contributed by atoms with E-state index in [-0.39, 0.29) is 17.1 Å². The van der Waals surface area contributed by atoms with Crippen molar-refractivity contribution in [3.63, 3.8) is 0 Å². The van der Waals surface area contributed by atoms with Gasteiger partial charge in [-0.1, -0.05) is 30.3 Å². The fraction of sp³-hybridized carbons (Fsp3) is 0.154. The number of nitrogens with one attached hydrogen (secondary N) is 1. The minimum atomic E-state index is -4.51. The van der Waals surface area contributed by atoms with E-state index in [4.69, 9.17) is 9.84 Å². The summed E-state index contributed by atoms with van der Waals surface area (Å²) < 4.78 is 46.5. The maximum atomic E-state index is 13.3. The van der Waals surface area contributed by atoms with Crippen LogP contribution in [0.5, 0.6) is 11.5 Å². The van der Waals surface area contributed by atoms with Crippen molar-refractivity contribution >= 4 is 22.9 Å². The number of hydrogen-bond donors (Lipinski definition) is 2. The zero-order valence-electron chi connectivity index (χ0n) is 18.2. The van der Waals surface area contributed by atoms with E-state index in [1.165, 1.54) is 28.8 Å². The topological polar surface area (TPSA) is 80.6 Å². The van der Waals surface area contributed by atoms with Crippen LogP contribution in [0.25, 0.3) is 10.9 Å². The number of aromatic carboxylic acids is 1. The van der Waals surface area contributed by atoms with Crippen LogP contribution in [0.3, 0.4) is 0 Å². The lowest BCUT2D eigenvalue weighted by molar-refractivity contribution is -0.137. The smallest absolute Gasteiger partial charge is 0.416 e. The van der Waals surface area contributed by atoms with Crippen LogP contribution < -0.4 is 10.1 Å². The number of nitrogens with zero attached hydrogens (tertiary/aromatic N) is 1. The molecule has 178 valence electrons. The molecule has 1 heterocycles. The molecule has 0 saturated heterocycles. The first kappa shape index (κ1) is 22.5. The number of fused-ring (bicyclic) bond motifs is 1. The van der Waals surface area contributed by atoms with E-state index in [1.54, 1.807) is 42.6 Å². The highest BCUT2D eigenvalue weighted by molar-refractivity contribution is 5.95. The number of carboxylic acid groups (broad SMARTS) is 1. The van der Waals surface area contributed by atoms with Crippen LogP contribution in [0.15, 0.2) is 79.0 Å². The number of amides is 1. The molecular formula is C26H19F3N2O4. The van der Waals surface area contributed by atoms with Gasteiger partial charge in [0.1, 0.15) is 5.75 Å². The molecule has 0 atom stereocenters. The Morgan fingerprint density at radius 3 is 2.34 bits per heavy atom. The quantitative estimate of drug-likeness (QED) is 0.347. The van der Waals surface area contributed by atoms with Gasteiger partial charge in [0.15, 0.2) is 5.75 Å². The second-order valence-electron chi connectivity index (χ2n) is 8.40. The van der Waals surface area contributed by atoms with Crippen LogP contribution in [0.4, 0.5) is 18.0 Å². The van der Waals surface area contributed by atoms with Crippen molar-refractivity contribution < 1.29 is 32.6 Å². The van der Waals surface area contributed by atoms with Gasteiger partial charge < -0.3 is 15.2 Å². The fourth-order valence-corrected chi connectivity index (χ4v) is 4.08. The maximum Gasteiger partial charge on any atom is 0.416 e. The Morgan fingerprint density at radius 2 is 1.69 bits per heavy atom. The van der Waals surface area contributed by atoms with Crippen molar-refractivity contribution in [1.29, 1.82) is 0 Å². The summed E-state index contributed by atoms with van der Waals surface area (Å²) in [6.45, 7) is 0. The molecule has 6 nitrogen and oxygen atoms in total. The van der Waals surface area contributed by atoms with Gasteiger partial charge in [-0.3, -0.25) is 4.57 Å². The lowest BCUT2D eigenvalue weighted by atomic mass is 10.0. The van der Waals surface area contributed by atoms with Crippen LogP contribution in [0.2, 0.25) is 0 Å². The molecule has 1 amide bonds. The SMILES string of the molecule is O=C(O)c1ccc(C2(NC(=O)n3ccc4cccc(Oc5cccc(C(F)(F)F)c5)c43)CC2)cc1. The molecule has 1 aliphatic rings. The highest BCUT2D eigenvalue weighted by atomic mass is 19.4. The summed E-state index contributed by atoms with van der Waals surface area (Å²) in [6, 6.07) is 17.3. The van der Waals surface area contributed by atoms with Crippen LogP contribution in [-0.2, 0) is 11.7 Å². The number of halogens is 3. The molecule has 0 unspecified atom stereocenters. The van der Waals surface area contributed by atoms with Gasteiger partial charge >= 0.3 is 18.2 Å². The number of carbonyl (C=O) groups is 2. The lowest BCUT2D eigenvalue weighted by Crippen LogP contribution is -2.37. The van der Waals surface area contributed by atoms with Gasteiger partial charge in [-0.2, -0.15) is 13.2 Å². The van der Waals surface area contributed by atoms with Gasteiger partial charge in [-0.25, -0.2) is 9.59 Å². The average molecular weight is 480 g/mol. The Balaban J connectivity index is 1.44. The molecule has 9 heteroatoms. The largest absolute Gasteiger partial charge is 0.478 e. The van der Waals surface area contributed by atoms with Crippen LogP contribution in [0.1, 0.15) is 34.3 Å². The van der Waals surface area contributed by atoms with Crippen molar-refractivity contribution in [3.8, 4) is 11.5 Å². The Kier molecular flexibility index (Phi) is 5.27. The molecule has 3 aromatic carbocycles. The number of benzene rings is 3. The lowest BCUT2D eigenvalue weighted by Gasteiger charge is -2.19. The Labute approximate surface area is 197 Å². The first-order chi connectivity index (χ1) is 16.7. The third-order valence-corrected chi connectivity index (χ3v) is 6.06. The number of para-hydroxylation sites is 1. The van der Waals surface area contributed by atoms with E-state index in [0.29, 0.717) is 23.7 Å². The normalized spacial score (nSPS) is 14.5. The summed E-state index contributed by atoms with van der Waals surface area (Å²) in [6.07, 6.45) is -1.55. The molecular weight excluding hydrogens is 461 g/mol. The van der Waals surface area contributed by atoms with Gasteiger partial charge in [0.05, 0.1) is 22.2 Å². The van der Waals surface area contributed by atoms with Crippen LogP contribution in [-0.4, -0.2) is 21.7 Å². The number of rotatable bonds is 5. The predicted molar refractivity (Wildman–Crippen MR) is 122 cm³/mol. The van der Waals surface area contributed by atoms with Gasteiger partial charge in [-0.15, -0.1) is 0 Å². The van der Waals surface area contributed by atoms with E-state index in [1.807, 2.05) is 0 Å². The third-order valence-electron chi connectivity index (χ3n) is 6.06. The second-order valence-corrected chi connectivity index (χ2v) is 8.40. The standard InChI is InChI=1S/C26H19F3N2O4/c27-26(28,29)19-4-2-5-20(15-19)35-21-6-1-3-16-11-14-31(22(16)21)24(34)30-25(12-13-25)18-9-7-17(8-10-18)23(32)33/h1-11,14-15H,12-13H2,(H,30,34)(H,32,33). The highest BCUT2D eigenvalue weighted by Gasteiger charge is 2.46. The summed E-state index contributed by atoms with van der Waals surface area (Å²) in [5.41, 5.74) is -0.0718. The van der Waals surface area contributed by atoms with Crippen molar-refractivity contribution in [2.75, 3.05) is 0 Å². The van der Waals surface area contributed by atoms with Gasteiger partial charge in [0.2, 0.25) is 0 Å². The van der Waals surface area contributed by atoms with E-state index in [0.717, 1.165) is 17.7 Å². The molecule has 0 aliphatic heterocycles. The van der Waals surface area contributed by atoms with Crippen molar-refractivity contribution in [2.24, 2.45) is 0 Å². The summed E-state index contributed by atoms with van der Waals surface area (Å²) >= 11 is 0. The van der Waals surface area contributed by atoms with Gasteiger partial charge in [-0.05, 0) is 60.9 Å². The van der Waals surface area contributed by atoms with E-state index < -0.39 is 29.3 Å². The van der Waals surface area contributed by atoms with Crippen molar-refractivity contribution in [1.82, 2.24) is 9.88 Å². The number of alkyl halides is 3. The maximum absolute atomic E-state index is 13.3. The van der Waals surface area contributed by atoms with Crippen LogP contribution >= 0.6 is 0 Å².